The van der Waals surface area contributed by atoms with Gasteiger partial charge in [0.2, 0.25) is 6.79 Å². The van der Waals surface area contributed by atoms with E-state index in [0.717, 1.165) is 22.6 Å². The van der Waals surface area contributed by atoms with Crippen LogP contribution in [0.2, 0.25) is 0 Å². The number of nitrogens with zero attached hydrogens (tertiary/aromatic N) is 1. The van der Waals surface area contributed by atoms with Crippen molar-refractivity contribution in [3.8, 4) is 17.6 Å². The SMILES string of the molecule is Cc1cc2c(cc1C1(C(C)(C)C#N)COC1)OCO2. The third-order valence-electron chi connectivity index (χ3n) is 4.41. The Morgan fingerprint density at radius 1 is 1.21 bits per heavy atom. The predicted molar refractivity (Wildman–Crippen MR) is 69.2 cm³/mol. The van der Waals surface area contributed by atoms with Gasteiger partial charge in [-0.05, 0) is 44.0 Å². The summed E-state index contributed by atoms with van der Waals surface area (Å²) in [7, 11) is 0. The average molecular weight is 259 g/mol. The second-order valence-electron chi connectivity index (χ2n) is 5.83. The minimum atomic E-state index is -0.482. The highest BCUT2D eigenvalue weighted by molar-refractivity contribution is 5.52. The Kier molecular flexibility index (Phi) is 2.51. The fraction of sp³-hybridized carbons (Fsp3) is 0.533. The van der Waals surface area contributed by atoms with Crippen molar-refractivity contribution in [2.75, 3.05) is 20.0 Å². The van der Waals surface area contributed by atoms with Crippen molar-refractivity contribution in [3.05, 3.63) is 23.3 Å². The van der Waals surface area contributed by atoms with Gasteiger partial charge in [-0.15, -0.1) is 0 Å². The molecule has 1 aromatic carbocycles. The van der Waals surface area contributed by atoms with E-state index in [1.165, 1.54) is 0 Å². The zero-order chi connectivity index (χ0) is 13.7. The number of rotatable bonds is 2. The van der Waals surface area contributed by atoms with Crippen LogP contribution in [0.1, 0.15) is 25.0 Å². The van der Waals surface area contributed by atoms with Crippen LogP contribution in [-0.4, -0.2) is 20.0 Å². The Labute approximate surface area is 112 Å². The molecule has 1 fully saturated rings. The molecule has 1 saturated heterocycles. The Morgan fingerprint density at radius 2 is 1.84 bits per heavy atom. The molecule has 0 N–H and O–H groups in total. The van der Waals surface area contributed by atoms with E-state index >= 15 is 0 Å². The number of ether oxygens (including phenoxy) is 3. The molecule has 19 heavy (non-hydrogen) atoms. The average Bonchev–Trinajstić information content (AvgIpc) is 2.74. The van der Waals surface area contributed by atoms with Gasteiger partial charge < -0.3 is 14.2 Å². The molecule has 0 spiro atoms. The topological polar surface area (TPSA) is 51.5 Å². The summed E-state index contributed by atoms with van der Waals surface area (Å²) in [5.74, 6) is 1.55. The van der Waals surface area contributed by atoms with Gasteiger partial charge in [-0.25, -0.2) is 0 Å². The van der Waals surface area contributed by atoms with Crippen LogP contribution in [-0.2, 0) is 10.2 Å². The van der Waals surface area contributed by atoms with Crippen LogP contribution in [0.4, 0.5) is 0 Å². The van der Waals surface area contributed by atoms with Crippen molar-refractivity contribution in [1.82, 2.24) is 0 Å². The summed E-state index contributed by atoms with van der Waals surface area (Å²) in [6.45, 7) is 7.41. The predicted octanol–water partition coefficient (Wildman–Crippen LogP) is 2.54. The second kappa shape index (κ2) is 3.88. The number of hydrogen-bond donors (Lipinski definition) is 0. The first kappa shape index (κ1) is 12.3. The molecule has 2 aliphatic rings. The quantitative estimate of drug-likeness (QED) is 0.819. The van der Waals surface area contributed by atoms with Crippen LogP contribution in [0.15, 0.2) is 12.1 Å². The highest BCUT2D eigenvalue weighted by atomic mass is 16.7. The molecule has 0 radical (unpaired) electrons. The maximum Gasteiger partial charge on any atom is 0.231 e. The smallest absolute Gasteiger partial charge is 0.231 e. The van der Waals surface area contributed by atoms with Crippen molar-refractivity contribution in [1.29, 1.82) is 5.26 Å². The maximum absolute atomic E-state index is 9.48. The van der Waals surface area contributed by atoms with Gasteiger partial charge in [0.25, 0.3) is 0 Å². The summed E-state index contributed by atoms with van der Waals surface area (Å²) < 4.78 is 16.3. The van der Waals surface area contributed by atoms with Gasteiger partial charge in [0.05, 0.1) is 30.1 Å². The van der Waals surface area contributed by atoms with Gasteiger partial charge in [-0.2, -0.15) is 5.26 Å². The summed E-state index contributed by atoms with van der Waals surface area (Å²) in [5.41, 5.74) is 1.52. The van der Waals surface area contributed by atoms with Crippen LogP contribution >= 0.6 is 0 Å². The lowest BCUT2D eigenvalue weighted by Gasteiger charge is -2.50. The van der Waals surface area contributed by atoms with E-state index in [-0.39, 0.29) is 12.2 Å². The first-order valence-corrected chi connectivity index (χ1v) is 6.40. The second-order valence-corrected chi connectivity index (χ2v) is 5.83. The Balaban J connectivity index is 2.13. The lowest BCUT2D eigenvalue weighted by Crippen LogP contribution is -2.56. The third-order valence-corrected chi connectivity index (χ3v) is 4.41. The van der Waals surface area contributed by atoms with Crippen LogP contribution in [0.3, 0.4) is 0 Å². The van der Waals surface area contributed by atoms with Crippen LogP contribution in [0.25, 0.3) is 0 Å². The van der Waals surface area contributed by atoms with Crippen LogP contribution < -0.4 is 9.47 Å². The molecule has 4 nitrogen and oxygen atoms in total. The van der Waals surface area contributed by atoms with E-state index in [4.69, 9.17) is 14.2 Å². The molecule has 100 valence electrons. The molecular weight excluding hydrogens is 242 g/mol. The molecule has 2 heterocycles. The fourth-order valence-corrected chi connectivity index (χ4v) is 2.83. The molecular formula is C15H17NO3. The van der Waals surface area contributed by atoms with Gasteiger partial charge >= 0.3 is 0 Å². The normalized spacial score (nSPS) is 19.7. The standard InChI is InChI=1S/C15H17NO3/c1-10-4-12-13(19-9-18-12)5-11(10)15(7-17-8-15)14(2,3)6-16/h4-5H,7-9H2,1-3H3. The van der Waals surface area contributed by atoms with E-state index in [1.807, 2.05) is 32.9 Å². The minimum absolute atomic E-state index is 0.257. The largest absolute Gasteiger partial charge is 0.454 e. The van der Waals surface area contributed by atoms with Crippen molar-refractivity contribution < 1.29 is 14.2 Å². The highest BCUT2D eigenvalue weighted by Gasteiger charge is 2.53. The lowest BCUT2D eigenvalue weighted by atomic mass is 9.60. The van der Waals surface area contributed by atoms with Crippen LogP contribution in [0.5, 0.6) is 11.5 Å². The first-order valence-electron chi connectivity index (χ1n) is 6.40. The van der Waals surface area contributed by atoms with E-state index in [0.29, 0.717) is 13.2 Å². The van der Waals surface area contributed by atoms with E-state index in [9.17, 15) is 5.26 Å². The summed E-state index contributed by atoms with van der Waals surface area (Å²) in [5, 5.41) is 9.48. The van der Waals surface area contributed by atoms with E-state index in [2.05, 4.69) is 6.07 Å². The summed E-state index contributed by atoms with van der Waals surface area (Å²) >= 11 is 0. The highest BCUT2D eigenvalue weighted by Crippen LogP contribution is 2.50. The third kappa shape index (κ3) is 1.55. The Hall–Kier alpha value is -1.73. The number of aryl methyl sites for hydroxylation is 1. The van der Waals surface area contributed by atoms with E-state index < -0.39 is 5.41 Å². The summed E-state index contributed by atoms with van der Waals surface area (Å²) in [6.07, 6.45) is 0. The van der Waals surface area contributed by atoms with Gasteiger partial charge in [0.15, 0.2) is 11.5 Å². The van der Waals surface area contributed by atoms with Gasteiger partial charge in [0, 0.05) is 0 Å². The number of fused-ring (bicyclic) bond motifs is 1. The molecule has 0 aliphatic carbocycles. The number of nitriles is 1. The molecule has 4 heteroatoms. The zero-order valence-corrected chi connectivity index (χ0v) is 11.4. The van der Waals surface area contributed by atoms with Crippen molar-refractivity contribution in [3.63, 3.8) is 0 Å². The molecule has 0 amide bonds. The molecule has 0 unspecified atom stereocenters. The monoisotopic (exact) mass is 259 g/mol. The Morgan fingerprint density at radius 3 is 2.37 bits per heavy atom. The van der Waals surface area contributed by atoms with Crippen LogP contribution in [0, 0.1) is 23.7 Å². The summed E-state index contributed by atoms with van der Waals surface area (Å²) in [6, 6.07) is 6.43. The molecule has 0 saturated carbocycles. The molecule has 0 aromatic heterocycles. The van der Waals surface area contributed by atoms with Crippen molar-refractivity contribution in [2.24, 2.45) is 5.41 Å². The van der Waals surface area contributed by atoms with Gasteiger partial charge in [-0.3, -0.25) is 0 Å². The molecule has 2 aliphatic heterocycles. The maximum atomic E-state index is 9.48. The molecule has 0 atom stereocenters. The number of hydrogen-bond acceptors (Lipinski definition) is 4. The summed E-state index contributed by atoms with van der Waals surface area (Å²) in [4.78, 5) is 0. The van der Waals surface area contributed by atoms with E-state index in [1.54, 1.807) is 0 Å². The number of benzene rings is 1. The van der Waals surface area contributed by atoms with Gasteiger partial charge in [-0.1, -0.05) is 0 Å². The fourth-order valence-electron chi connectivity index (χ4n) is 2.83. The molecule has 0 bridgehead atoms. The van der Waals surface area contributed by atoms with Crippen molar-refractivity contribution in [2.45, 2.75) is 26.2 Å². The first-order chi connectivity index (χ1) is 9.00. The van der Waals surface area contributed by atoms with Crippen molar-refractivity contribution >= 4 is 0 Å². The van der Waals surface area contributed by atoms with Gasteiger partial charge in [0.1, 0.15) is 0 Å². The lowest BCUT2D eigenvalue weighted by molar-refractivity contribution is -0.103. The molecule has 1 aromatic rings. The minimum Gasteiger partial charge on any atom is -0.454 e. The molecule has 3 rings (SSSR count). The zero-order valence-electron chi connectivity index (χ0n) is 11.4. The Bertz CT molecular complexity index is 567.